The normalized spacial score (nSPS) is 19.2. The summed E-state index contributed by atoms with van der Waals surface area (Å²) in [6.45, 7) is 3.75. The third-order valence-corrected chi connectivity index (χ3v) is 5.09. The molecule has 1 saturated heterocycles. The summed E-state index contributed by atoms with van der Waals surface area (Å²) in [4.78, 5) is 1.66. The Morgan fingerprint density at radius 1 is 1.12 bits per heavy atom. The third-order valence-electron chi connectivity index (χ3n) is 5.09. The zero-order valence-electron chi connectivity index (χ0n) is 15.5. The molecule has 0 spiro atoms. The summed E-state index contributed by atoms with van der Waals surface area (Å²) in [5.41, 5.74) is -3.72. The predicted octanol–water partition coefficient (Wildman–Crippen LogP) is 4.28. The van der Waals surface area contributed by atoms with Crippen molar-refractivity contribution < 1.29 is 27.4 Å². The number of aliphatic hydroxyl groups is 1. The summed E-state index contributed by atoms with van der Waals surface area (Å²) in [7, 11) is 1.39. The minimum atomic E-state index is -4.79. The number of methoxy groups -OCH3 is 1. The highest BCUT2D eigenvalue weighted by Gasteiger charge is 2.56. The maximum absolute atomic E-state index is 13.8. The topological polar surface area (TPSA) is 32.7 Å². The van der Waals surface area contributed by atoms with E-state index >= 15 is 0 Å². The Morgan fingerprint density at radius 3 is 2.27 bits per heavy atom. The number of halogens is 4. The minimum Gasteiger partial charge on any atom is -0.496 e. The molecule has 1 fully saturated rings. The molecule has 1 aromatic carbocycles. The standard InChI is InChI=1S/C19H27F4NO2/c1-17(2,15-11-14(20)7-8-16(15)26-3)12-18(25,19(21,22)23)13-24-9-5-4-6-10-24/h7-8,11,25H,4-6,9-10,12-13H2,1-3H3. The number of likely N-dealkylation sites (tertiary alicyclic amines) is 1. The van der Waals surface area contributed by atoms with Crippen LogP contribution in [-0.2, 0) is 5.41 Å². The van der Waals surface area contributed by atoms with E-state index in [-0.39, 0.29) is 0 Å². The molecule has 0 saturated carbocycles. The molecule has 0 aromatic heterocycles. The van der Waals surface area contributed by atoms with Gasteiger partial charge in [0.15, 0.2) is 5.60 Å². The SMILES string of the molecule is COc1ccc(F)cc1C(C)(C)CC(O)(CN1CCCCC1)C(F)(F)F. The van der Waals surface area contributed by atoms with Gasteiger partial charge in [-0.3, -0.25) is 0 Å². The molecule has 1 unspecified atom stereocenters. The maximum Gasteiger partial charge on any atom is 0.418 e. The van der Waals surface area contributed by atoms with E-state index in [0.717, 1.165) is 19.3 Å². The lowest BCUT2D eigenvalue weighted by molar-refractivity contribution is -0.272. The first kappa shape index (κ1) is 21.0. The Hall–Kier alpha value is -1.34. The lowest BCUT2D eigenvalue weighted by Gasteiger charge is -2.41. The highest BCUT2D eigenvalue weighted by molar-refractivity contribution is 5.39. The van der Waals surface area contributed by atoms with Crippen LogP contribution in [-0.4, -0.2) is 48.5 Å². The zero-order valence-corrected chi connectivity index (χ0v) is 15.5. The second kappa shape index (κ2) is 7.72. The molecule has 26 heavy (non-hydrogen) atoms. The van der Waals surface area contributed by atoms with Crippen molar-refractivity contribution in [1.29, 1.82) is 0 Å². The average Bonchev–Trinajstić information content (AvgIpc) is 2.54. The van der Waals surface area contributed by atoms with Crippen LogP contribution in [0.3, 0.4) is 0 Å². The van der Waals surface area contributed by atoms with E-state index in [2.05, 4.69) is 0 Å². The van der Waals surface area contributed by atoms with Crippen LogP contribution in [0, 0.1) is 5.82 Å². The van der Waals surface area contributed by atoms with Crippen LogP contribution in [0.5, 0.6) is 5.75 Å². The van der Waals surface area contributed by atoms with Gasteiger partial charge in [0.2, 0.25) is 0 Å². The molecule has 0 bridgehead atoms. The van der Waals surface area contributed by atoms with Crippen molar-refractivity contribution >= 4 is 0 Å². The first-order chi connectivity index (χ1) is 12.0. The number of benzene rings is 1. The second-order valence-corrected chi connectivity index (χ2v) is 7.77. The predicted molar refractivity (Wildman–Crippen MR) is 91.9 cm³/mol. The lowest BCUT2D eigenvalue weighted by Crippen LogP contribution is -2.56. The van der Waals surface area contributed by atoms with Gasteiger partial charge in [-0.25, -0.2) is 4.39 Å². The Bertz CT molecular complexity index is 612. The highest BCUT2D eigenvalue weighted by atomic mass is 19.4. The van der Waals surface area contributed by atoms with E-state index < -0.39 is 36.0 Å². The van der Waals surface area contributed by atoms with Crippen molar-refractivity contribution in [2.24, 2.45) is 0 Å². The Labute approximate surface area is 151 Å². The number of nitrogens with zero attached hydrogens (tertiary/aromatic N) is 1. The van der Waals surface area contributed by atoms with Crippen molar-refractivity contribution in [1.82, 2.24) is 4.90 Å². The molecular formula is C19H27F4NO2. The van der Waals surface area contributed by atoms with Gasteiger partial charge in [-0.2, -0.15) is 13.2 Å². The monoisotopic (exact) mass is 377 g/mol. The van der Waals surface area contributed by atoms with Gasteiger partial charge in [0, 0.05) is 12.1 Å². The van der Waals surface area contributed by atoms with Gasteiger partial charge in [-0.15, -0.1) is 0 Å². The highest BCUT2D eigenvalue weighted by Crippen LogP contribution is 2.44. The van der Waals surface area contributed by atoms with E-state index in [0.29, 0.717) is 24.4 Å². The van der Waals surface area contributed by atoms with Gasteiger partial charge in [0.1, 0.15) is 11.6 Å². The van der Waals surface area contributed by atoms with E-state index in [9.17, 15) is 22.7 Å². The molecule has 1 aliphatic rings. The summed E-state index contributed by atoms with van der Waals surface area (Å²) in [6.07, 6.45) is -2.72. The second-order valence-electron chi connectivity index (χ2n) is 7.77. The smallest absolute Gasteiger partial charge is 0.418 e. The Kier molecular flexibility index (Phi) is 6.23. The molecule has 148 valence electrons. The van der Waals surface area contributed by atoms with Crippen LogP contribution in [0.25, 0.3) is 0 Å². The van der Waals surface area contributed by atoms with Crippen molar-refractivity contribution in [3.63, 3.8) is 0 Å². The molecular weight excluding hydrogens is 350 g/mol. The summed E-state index contributed by atoms with van der Waals surface area (Å²) in [6, 6.07) is 3.77. The Balaban J connectivity index is 2.33. The molecule has 0 amide bonds. The van der Waals surface area contributed by atoms with Crippen LogP contribution in [0.1, 0.15) is 45.1 Å². The first-order valence-corrected chi connectivity index (χ1v) is 8.84. The van der Waals surface area contributed by atoms with Crippen molar-refractivity contribution in [3.8, 4) is 5.75 Å². The molecule has 1 atom stereocenters. The number of hydrogen-bond acceptors (Lipinski definition) is 3. The summed E-state index contributed by atoms with van der Waals surface area (Å²) >= 11 is 0. The molecule has 1 aromatic rings. The molecule has 7 heteroatoms. The third kappa shape index (κ3) is 4.68. The van der Waals surface area contributed by atoms with Crippen LogP contribution in [0.15, 0.2) is 18.2 Å². The number of alkyl halides is 3. The van der Waals surface area contributed by atoms with Crippen LogP contribution in [0.2, 0.25) is 0 Å². The quantitative estimate of drug-likeness (QED) is 0.751. The van der Waals surface area contributed by atoms with Gasteiger partial charge in [-0.05, 0) is 56.0 Å². The molecule has 2 rings (SSSR count). The molecule has 0 radical (unpaired) electrons. The number of ether oxygens (including phenoxy) is 1. The molecule has 1 aliphatic heterocycles. The van der Waals surface area contributed by atoms with E-state index in [1.54, 1.807) is 18.7 Å². The summed E-state index contributed by atoms with van der Waals surface area (Å²) in [5.74, 6) is -0.251. The van der Waals surface area contributed by atoms with Gasteiger partial charge in [0.05, 0.1) is 7.11 Å². The first-order valence-electron chi connectivity index (χ1n) is 8.84. The molecule has 3 nitrogen and oxygen atoms in total. The van der Waals surface area contributed by atoms with Crippen molar-refractivity contribution in [2.45, 2.75) is 56.7 Å². The van der Waals surface area contributed by atoms with Gasteiger partial charge in [0.25, 0.3) is 0 Å². The van der Waals surface area contributed by atoms with Crippen molar-refractivity contribution in [2.75, 3.05) is 26.7 Å². The van der Waals surface area contributed by atoms with E-state index in [1.807, 2.05) is 0 Å². The number of rotatable bonds is 6. The maximum atomic E-state index is 13.8. The molecule has 0 aliphatic carbocycles. The summed E-state index contributed by atoms with van der Waals surface area (Å²) in [5, 5.41) is 10.6. The van der Waals surface area contributed by atoms with Crippen molar-refractivity contribution in [3.05, 3.63) is 29.6 Å². The largest absolute Gasteiger partial charge is 0.496 e. The fourth-order valence-corrected chi connectivity index (χ4v) is 3.77. The molecule has 1 N–H and O–H groups in total. The number of piperidine rings is 1. The van der Waals surface area contributed by atoms with Gasteiger partial charge < -0.3 is 14.7 Å². The van der Waals surface area contributed by atoms with E-state index in [1.165, 1.54) is 25.3 Å². The van der Waals surface area contributed by atoms with Crippen LogP contribution < -0.4 is 4.74 Å². The van der Waals surface area contributed by atoms with Gasteiger partial charge in [-0.1, -0.05) is 20.3 Å². The van der Waals surface area contributed by atoms with E-state index in [4.69, 9.17) is 4.74 Å². The lowest BCUT2D eigenvalue weighted by atomic mass is 9.74. The van der Waals surface area contributed by atoms with Crippen LogP contribution in [0.4, 0.5) is 17.6 Å². The summed E-state index contributed by atoms with van der Waals surface area (Å²) < 4.78 is 60.3. The van der Waals surface area contributed by atoms with Gasteiger partial charge >= 0.3 is 6.18 Å². The minimum absolute atomic E-state index is 0.305. The Morgan fingerprint density at radius 2 is 1.73 bits per heavy atom. The number of β-amino-alcohol motifs (C(OH)–C–C–N with tert-alkyl or cyclic N) is 1. The average molecular weight is 377 g/mol. The molecule has 1 heterocycles. The zero-order chi connectivity index (χ0) is 19.6. The number of hydrogen-bond donors (Lipinski definition) is 1. The van der Waals surface area contributed by atoms with Crippen LogP contribution >= 0.6 is 0 Å². The fourth-order valence-electron chi connectivity index (χ4n) is 3.77. The fraction of sp³-hybridized carbons (Fsp3) is 0.684.